The third-order valence-corrected chi connectivity index (χ3v) is 6.90. The summed E-state index contributed by atoms with van der Waals surface area (Å²) in [5.74, 6) is 0.0647. The van der Waals surface area contributed by atoms with Crippen molar-refractivity contribution in [3.63, 3.8) is 0 Å². The third kappa shape index (κ3) is 4.27. The monoisotopic (exact) mass is 470 g/mol. The van der Waals surface area contributed by atoms with Crippen molar-refractivity contribution in [3.8, 4) is 11.3 Å². The highest BCUT2D eigenvalue weighted by Gasteiger charge is 2.34. The number of fused-ring (bicyclic) bond motifs is 3. The van der Waals surface area contributed by atoms with Crippen LogP contribution in [-0.4, -0.2) is 44.8 Å². The summed E-state index contributed by atoms with van der Waals surface area (Å²) in [5.41, 5.74) is 2.95. The molecule has 2 N–H and O–H groups in total. The Morgan fingerprint density at radius 1 is 1.12 bits per heavy atom. The summed E-state index contributed by atoms with van der Waals surface area (Å²) in [6.45, 7) is 0.956. The van der Waals surface area contributed by atoms with Crippen LogP contribution in [0.5, 0.6) is 0 Å². The molecule has 0 radical (unpaired) electrons. The zero-order chi connectivity index (χ0) is 23.9. The number of halogens is 3. The second-order valence-electron chi connectivity index (χ2n) is 8.92. The Morgan fingerprint density at radius 2 is 1.82 bits per heavy atom. The molecule has 178 valence electrons. The summed E-state index contributed by atoms with van der Waals surface area (Å²) in [6.07, 6.45) is 0.611. The molecule has 34 heavy (non-hydrogen) atoms. The SMILES string of the molecule is O=C(Nc1ccc(C(F)(F)F)cc1)N1CCC([C@@H](O)C[C@@H]2c3ccccc3-c3cncn32)CC1. The number of benzene rings is 2. The van der Waals surface area contributed by atoms with E-state index in [0.29, 0.717) is 38.0 Å². The molecule has 5 rings (SSSR count). The number of carbonyl (C=O) groups excluding carboxylic acids is 1. The number of nitrogens with one attached hydrogen (secondary N) is 1. The number of carbonyl (C=O) groups is 1. The first-order valence-electron chi connectivity index (χ1n) is 11.3. The van der Waals surface area contributed by atoms with Crippen molar-refractivity contribution >= 4 is 11.7 Å². The Balaban J connectivity index is 1.16. The fourth-order valence-electron chi connectivity index (χ4n) is 5.03. The number of piperidine rings is 1. The van der Waals surface area contributed by atoms with Gasteiger partial charge >= 0.3 is 12.2 Å². The number of amides is 2. The van der Waals surface area contributed by atoms with E-state index in [-0.39, 0.29) is 18.0 Å². The molecule has 2 aromatic carbocycles. The highest BCUT2D eigenvalue weighted by Crippen LogP contribution is 2.42. The standard InChI is InChI=1S/C25H25F3N4O2/c26-25(27,28)17-5-7-18(8-6-17)30-24(34)31-11-9-16(10-12-31)23(33)13-21-19-3-1-2-4-20(19)22-14-29-15-32(21)22/h1-8,14-16,21,23,33H,9-13H2,(H,30,34)/t21-,23+/m1/s1. The van der Waals surface area contributed by atoms with Crippen LogP contribution in [0, 0.1) is 5.92 Å². The normalized spacial score (nSPS) is 18.9. The molecule has 0 aliphatic carbocycles. The van der Waals surface area contributed by atoms with Crippen LogP contribution in [0.25, 0.3) is 11.3 Å². The maximum absolute atomic E-state index is 12.7. The minimum atomic E-state index is -4.41. The smallest absolute Gasteiger partial charge is 0.393 e. The zero-order valence-electron chi connectivity index (χ0n) is 18.4. The summed E-state index contributed by atoms with van der Waals surface area (Å²) >= 11 is 0. The van der Waals surface area contributed by atoms with Crippen LogP contribution in [0.2, 0.25) is 0 Å². The molecule has 0 spiro atoms. The quantitative estimate of drug-likeness (QED) is 0.553. The number of likely N-dealkylation sites (tertiary alicyclic amines) is 1. The number of aromatic nitrogens is 2. The Bertz CT molecular complexity index is 1170. The maximum atomic E-state index is 12.7. The lowest BCUT2D eigenvalue weighted by Crippen LogP contribution is -2.43. The molecule has 1 saturated heterocycles. The molecule has 0 saturated carbocycles. The molecular weight excluding hydrogens is 445 g/mol. The van der Waals surface area contributed by atoms with Gasteiger partial charge in [-0.1, -0.05) is 24.3 Å². The Kier molecular flexibility index (Phi) is 5.81. The van der Waals surface area contributed by atoms with Gasteiger partial charge < -0.3 is 19.9 Å². The van der Waals surface area contributed by atoms with Crippen LogP contribution >= 0.6 is 0 Å². The summed E-state index contributed by atoms with van der Waals surface area (Å²) in [7, 11) is 0. The van der Waals surface area contributed by atoms with Gasteiger partial charge in [0.25, 0.3) is 0 Å². The first-order valence-corrected chi connectivity index (χ1v) is 11.3. The molecule has 0 bridgehead atoms. The van der Waals surface area contributed by atoms with Gasteiger partial charge in [0.1, 0.15) is 0 Å². The van der Waals surface area contributed by atoms with E-state index in [1.165, 1.54) is 17.7 Å². The van der Waals surface area contributed by atoms with E-state index in [2.05, 4.69) is 27.0 Å². The average molecular weight is 470 g/mol. The second kappa shape index (κ2) is 8.79. The maximum Gasteiger partial charge on any atom is 0.416 e. The largest absolute Gasteiger partial charge is 0.416 e. The average Bonchev–Trinajstić information content (AvgIpc) is 3.41. The second-order valence-corrected chi connectivity index (χ2v) is 8.92. The summed E-state index contributed by atoms with van der Waals surface area (Å²) in [6, 6.07) is 12.3. The lowest BCUT2D eigenvalue weighted by atomic mass is 9.86. The van der Waals surface area contributed by atoms with Gasteiger partial charge in [0.15, 0.2) is 0 Å². The van der Waals surface area contributed by atoms with E-state index in [1.807, 2.05) is 18.3 Å². The Labute approximate surface area is 195 Å². The summed E-state index contributed by atoms with van der Waals surface area (Å²) < 4.78 is 40.2. The van der Waals surface area contributed by atoms with Gasteiger partial charge in [-0.05, 0) is 55.0 Å². The molecule has 2 aliphatic heterocycles. The van der Waals surface area contributed by atoms with Gasteiger partial charge in [-0.25, -0.2) is 9.78 Å². The predicted octanol–water partition coefficient (Wildman–Crippen LogP) is 5.17. The van der Waals surface area contributed by atoms with E-state index in [9.17, 15) is 23.1 Å². The number of aliphatic hydroxyl groups excluding tert-OH is 1. The number of nitrogens with zero attached hydrogens (tertiary/aromatic N) is 3. The van der Waals surface area contributed by atoms with Crippen molar-refractivity contribution < 1.29 is 23.1 Å². The van der Waals surface area contributed by atoms with Crippen LogP contribution < -0.4 is 5.32 Å². The highest BCUT2D eigenvalue weighted by atomic mass is 19.4. The fourth-order valence-corrected chi connectivity index (χ4v) is 5.03. The van der Waals surface area contributed by atoms with Crippen LogP contribution in [0.3, 0.4) is 0 Å². The first kappa shape index (κ1) is 22.5. The molecule has 0 unspecified atom stereocenters. The predicted molar refractivity (Wildman–Crippen MR) is 121 cm³/mol. The Hall–Kier alpha value is -3.33. The van der Waals surface area contributed by atoms with E-state index in [4.69, 9.17) is 0 Å². The van der Waals surface area contributed by atoms with E-state index < -0.39 is 17.8 Å². The molecule has 2 amide bonds. The number of imidazole rings is 1. The molecule has 2 aliphatic rings. The topological polar surface area (TPSA) is 70.4 Å². The van der Waals surface area contributed by atoms with E-state index >= 15 is 0 Å². The van der Waals surface area contributed by atoms with Gasteiger partial charge in [-0.3, -0.25) is 0 Å². The van der Waals surface area contributed by atoms with Crippen LogP contribution in [0.1, 0.15) is 36.4 Å². The number of hydrogen-bond acceptors (Lipinski definition) is 3. The van der Waals surface area contributed by atoms with Crippen molar-refractivity contribution in [2.75, 3.05) is 18.4 Å². The highest BCUT2D eigenvalue weighted by molar-refractivity contribution is 5.89. The third-order valence-electron chi connectivity index (χ3n) is 6.90. The van der Waals surface area contributed by atoms with Gasteiger partial charge in [0, 0.05) is 24.3 Å². The van der Waals surface area contributed by atoms with E-state index in [0.717, 1.165) is 23.4 Å². The van der Waals surface area contributed by atoms with Crippen molar-refractivity contribution in [1.29, 1.82) is 0 Å². The van der Waals surface area contributed by atoms with Crippen molar-refractivity contribution in [2.24, 2.45) is 5.92 Å². The summed E-state index contributed by atoms with van der Waals surface area (Å²) in [5, 5.41) is 13.7. The van der Waals surface area contributed by atoms with Gasteiger partial charge in [-0.15, -0.1) is 0 Å². The van der Waals surface area contributed by atoms with Gasteiger partial charge in [0.05, 0.1) is 35.9 Å². The van der Waals surface area contributed by atoms with Crippen LogP contribution in [-0.2, 0) is 6.18 Å². The number of aliphatic hydroxyl groups is 1. The van der Waals surface area contributed by atoms with Crippen molar-refractivity contribution in [3.05, 3.63) is 72.2 Å². The lowest BCUT2D eigenvalue weighted by molar-refractivity contribution is -0.137. The Morgan fingerprint density at radius 3 is 2.53 bits per heavy atom. The number of urea groups is 1. The van der Waals surface area contributed by atoms with Gasteiger partial charge in [0.2, 0.25) is 0 Å². The minimum Gasteiger partial charge on any atom is -0.393 e. The molecule has 1 aromatic heterocycles. The van der Waals surface area contributed by atoms with Gasteiger partial charge in [-0.2, -0.15) is 13.2 Å². The zero-order valence-corrected chi connectivity index (χ0v) is 18.4. The fraction of sp³-hybridized carbons (Fsp3) is 0.360. The minimum absolute atomic E-state index is 0.0321. The first-order chi connectivity index (χ1) is 16.3. The van der Waals surface area contributed by atoms with E-state index in [1.54, 1.807) is 11.2 Å². The molecule has 2 atom stereocenters. The van der Waals surface area contributed by atoms with Crippen LogP contribution in [0.15, 0.2) is 61.1 Å². The molecule has 3 aromatic rings. The molecular formula is C25H25F3N4O2. The number of anilines is 1. The molecule has 6 nitrogen and oxygen atoms in total. The number of hydrogen-bond donors (Lipinski definition) is 2. The van der Waals surface area contributed by atoms with Crippen molar-refractivity contribution in [2.45, 2.75) is 37.6 Å². The van der Waals surface area contributed by atoms with Crippen LogP contribution in [0.4, 0.5) is 23.7 Å². The van der Waals surface area contributed by atoms with Crippen molar-refractivity contribution in [1.82, 2.24) is 14.5 Å². The lowest BCUT2D eigenvalue weighted by Gasteiger charge is -2.35. The molecule has 1 fully saturated rings. The number of alkyl halides is 3. The molecule has 3 heterocycles. The molecule has 9 heteroatoms. The summed E-state index contributed by atoms with van der Waals surface area (Å²) in [4.78, 5) is 18.5. The number of rotatable bonds is 4.